The summed E-state index contributed by atoms with van der Waals surface area (Å²) in [6.45, 7) is 5.79. The molecule has 0 amide bonds. The Morgan fingerprint density at radius 2 is 1.87 bits per heavy atom. The van der Waals surface area contributed by atoms with E-state index < -0.39 is 5.41 Å². The summed E-state index contributed by atoms with van der Waals surface area (Å²) >= 11 is 0. The van der Waals surface area contributed by atoms with Gasteiger partial charge in [-0.05, 0) is 45.4 Å². The van der Waals surface area contributed by atoms with Crippen LogP contribution in [0.1, 0.15) is 46.5 Å². The van der Waals surface area contributed by atoms with Crippen molar-refractivity contribution < 1.29 is 14.3 Å². The van der Waals surface area contributed by atoms with Gasteiger partial charge in [0.15, 0.2) is 0 Å². The van der Waals surface area contributed by atoms with Crippen molar-refractivity contribution in [3.8, 4) is 0 Å². The number of rotatable bonds is 3. The van der Waals surface area contributed by atoms with E-state index in [0.717, 1.165) is 12.8 Å². The lowest BCUT2D eigenvalue weighted by Crippen LogP contribution is -2.42. The Balaban J connectivity index is 2.80. The Kier molecular flexibility index (Phi) is 3.89. The van der Waals surface area contributed by atoms with Gasteiger partial charge in [-0.25, -0.2) is 0 Å². The third-order valence-corrected chi connectivity index (χ3v) is 3.47. The third-order valence-electron chi connectivity index (χ3n) is 3.47. The van der Waals surface area contributed by atoms with Crippen molar-refractivity contribution in [3.63, 3.8) is 0 Å². The molecule has 3 heteroatoms. The fraction of sp³-hybridized carbons (Fsp3) is 0.833. The SMILES string of the molecule is CCOC(=O)C1(C(C)=O)CCC(C)CC1. The molecule has 0 spiro atoms. The molecular formula is C12H20O3. The third kappa shape index (κ3) is 2.39. The van der Waals surface area contributed by atoms with E-state index in [4.69, 9.17) is 4.74 Å². The maximum Gasteiger partial charge on any atom is 0.319 e. The van der Waals surface area contributed by atoms with E-state index in [9.17, 15) is 9.59 Å². The molecule has 0 aromatic heterocycles. The molecule has 0 heterocycles. The molecule has 1 saturated carbocycles. The monoisotopic (exact) mass is 212 g/mol. The summed E-state index contributed by atoms with van der Waals surface area (Å²) in [7, 11) is 0. The number of carbonyl (C=O) groups excluding carboxylic acids is 2. The van der Waals surface area contributed by atoms with Gasteiger partial charge in [-0.1, -0.05) is 6.92 Å². The van der Waals surface area contributed by atoms with Gasteiger partial charge in [0.1, 0.15) is 11.2 Å². The van der Waals surface area contributed by atoms with Gasteiger partial charge in [0.05, 0.1) is 6.61 Å². The molecule has 0 unspecified atom stereocenters. The largest absolute Gasteiger partial charge is 0.465 e. The zero-order valence-electron chi connectivity index (χ0n) is 9.84. The lowest BCUT2D eigenvalue weighted by molar-refractivity contribution is -0.162. The minimum atomic E-state index is -0.831. The van der Waals surface area contributed by atoms with Gasteiger partial charge >= 0.3 is 5.97 Å². The molecule has 0 saturated heterocycles. The number of hydrogen-bond acceptors (Lipinski definition) is 3. The van der Waals surface area contributed by atoms with Crippen LogP contribution in [0.25, 0.3) is 0 Å². The first-order valence-electron chi connectivity index (χ1n) is 5.71. The summed E-state index contributed by atoms with van der Waals surface area (Å²) < 4.78 is 5.02. The first kappa shape index (κ1) is 12.2. The Bertz CT molecular complexity index is 250. The smallest absolute Gasteiger partial charge is 0.319 e. The van der Waals surface area contributed by atoms with Crippen LogP contribution in [0.4, 0.5) is 0 Å². The molecule has 0 N–H and O–H groups in total. The second-order valence-corrected chi connectivity index (χ2v) is 4.54. The van der Waals surface area contributed by atoms with Crippen LogP contribution in [0.2, 0.25) is 0 Å². The van der Waals surface area contributed by atoms with Crippen LogP contribution in [-0.4, -0.2) is 18.4 Å². The summed E-state index contributed by atoms with van der Waals surface area (Å²) in [5.41, 5.74) is -0.831. The fourth-order valence-electron chi connectivity index (χ4n) is 2.22. The molecule has 0 aromatic rings. The summed E-state index contributed by atoms with van der Waals surface area (Å²) in [6, 6.07) is 0. The highest BCUT2D eigenvalue weighted by Crippen LogP contribution is 2.40. The maximum absolute atomic E-state index is 11.8. The Morgan fingerprint density at radius 1 is 1.33 bits per heavy atom. The molecule has 1 fully saturated rings. The van der Waals surface area contributed by atoms with Crippen molar-refractivity contribution in [3.05, 3.63) is 0 Å². The lowest BCUT2D eigenvalue weighted by atomic mass is 9.68. The molecule has 0 aliphatic heterocycles. The molecule has 0 aromatic carbocycles. The van der Waals surface area contributed by atoms with Crippen molar-refractivity contribution >= 4 is 11.8 Å². The Morgan fingerprint density at radius 3 is 2.27 bits per heavy atom. The van der Waals surface area contributed by atoms with Crippen LogP contribution < -0.4 is 0 Å². The zero-order valence-corrected chi connectivity index (χ0v) is 9.84. The number of hydrogen-bond donors (Lipinski definition) is 0. The summed E-state index contributed by atoms with van der Waals surface area (Å²) in [4.78, 5) is 23.5. The van der Waals surface area contributed by atoms with Crippen LogP contribution in [0.5, 0.6) is 0 Å². The lowest BCUT2D eigenvalue weighted by Gasteiger charge is -2.34. The average Bonchev–Trinajstić information content (AvgIpc) is 2.19. The van der Waals surface area contributed by atoms with Gasteiger partial charge in [0.2, 0.25) is 0 Å². The van der Waals surface area contributed by atoms with Crippen molar-refractivity contribution in [1.29, 1.82) is 0 Å². The number of ketones is 1. The van der Waals surface area contributed by atoms with Gasteiger partial charge < -0.3 is 4.74 Å². The van der Waals surface area contributed by atoms with Crippen molar-refractivity contribution in [2.24, 2.45) is 11.3 Å². The van der Waals surface area contributed by atoms with E-state index in [2.05, 4.69) is 6.92 Å². The minimum Gasteiger partial charge on any atom is -0.465 e. The Labute approximate surface area is 91.2 Å². The molecule has 3 nitrogen and oxygen atoms in total. The molecule has 1 aliphatic rings. The van der Waals surface area contributed by atoms with E-state index in [-0.39, 0.29) is 11.8 Å². The molecule has 15 heavy (non-hydrogen) atoms. The number of carbonyl (C=O) groups is 2. The highest BCUT2D eigenvalue weighted by atomic mass is 16.5. The molecule has 86 valence electrons. The molecule has 0 bridgehead atoms. The maximum atomic E-state index is 11.8. The van der Waals surface area contributed by atoms with Gasteiger partial charge in [-0.2, -0.15) is 0 Å². The highest BCUT2D eigenvalue weighted by molar-refractivity contribution is 6.02. The topological polar surface area (TPSA) is 43.4 Å². The van der Waals surface area contributed by atoms with Crippen molar-refractivity contribution in [2.45, 2.75) is 46.5 Å². The van der Waals surface area contributed by atoms with E-state index in [1.165, 1.54) is 6.92 Å². The molecule has 0 radical (unpaired) electrons. The van der Waals surface area contributed by atoms with Gasteiger partial charge in [0.25, 0.3) is 0 Å². The summed E-state index contributed by atoms with van der Waals surface area (Å²) in [6.07, 6.45) is 3.20. The normalized spacial score (nSPS) is 31.0. The number of Topliss-reactive ketones (excluding diaryl/α,β-unsaturated/α-hetero) is 1. The van der Waals surface area contributed by atoms with Crippen LogP contribution in [-0.2, 0) is 14.3 Å². The second kappa shape index (κ2) is 4.77. The van der Waals surface area contributed by atoms with Crippen LogP contribution in [0.3, 0.4) is 0 Å². The van der Waals surface area contributed by atoms with Crippen LogP contribution in [0.15, 0.2) is 0 Å². The molecule has 1 rings (SSSR count). The van der Waals surface area contributed by atoms with E-state index in [1.54, 1.807) is 6.92 Å². The molecule has 0 atom stereocenters. The first-order chi connectivity index (χ1) is 7.03. The van der Waals surface area contributed by atoms with Gasteiger partial charge in [-0.15, -0.1) is 0 Å². The predicted octanol–water partition coefficient (Wildman–Crippen LogP) is 2.33. The summed E-state index contributed by atoms with van der Waals surface area (Å²) in [5, 5.41) is 0. The van der Waals surface area contributed by atoms with E-state index >= 15 is 0 Å². The van der Waals surface area contributed by atoms with Crippen LogP contribution in [0, 0.1) is 11.3 Å². The number of ether oxygens (including phenoxy) is 1. The highest BCUT2D eigenvalue weighted by Gasteiger charge is 2.46. The summed E-state index contributed by atoms with van der Waals surface area (Å²) in [5.74, 6) is 0.268. The van der Waals surface area contributed by atoms with Gasteiger partial charge in [0, 0.05) is 0 Å². The van der Waals surface area contributed by atoms with E-state index in [0.29, 0.717) is 25.4 Å². The van der Waals surface area contributed by atoms with Crippen LogP contribution >= 0.6 is 0 Å². The van der Waals surface area contributed by atoms with Crippen molar-refractivity contribution in [2.75, 3.05) is 6.61 Å². The first-order valence-corrected chi connectivity index (χ1v) is 5.71. The fourth-order valence-corrected chi connectivity index (χ4v) is 2.22. The molecular weight excluding hydrogens is 192 g/mol. The van der Waals surface area contributed by atoms with Crippen molar-refractivity contribution in [1.82, 2.24) is 0 Å². The standard InChI is InChI=1S/C12H20O3/c1-4-15-11(14)12(10(3)13)7-5-9(2)6-8-12/h9H,4-8H2,1-3H3. The predicted molar refractivity (Wildman–Crippen MR) is 57.4 cm³/mol. The quantitative estimate of drug-likeness (QED) is 0.532. The Hall–Kier alpha value is -0.860. The average molecular weight is 212 g/mol. The van der Waals surface area contributed by atoms with Gasteiger partial charge in [-0.3, -0.25) is 9.59 Å². The second-order valence-electron chi connectivity index (χ2n) is 4.54. The minimum absolute atomic E-state index is 0.0344. The van der Waals surface area contributed by atoms with E-state index in [1.807, 2.05) is 0 Å². The zero-order chi connectivity index (χ0) is 11.5. The number of esters is 1. The molecule has 1 aliphatic carbocycles.